The van der Waals surface area contributed by atoms with E-state index in [9.17, 15) is 9.18 Å². The number of halogens is 1. The minimum absolute atomic E-state index is 0.0247. The predicted octanol–water partition coefficient (Wildman–Crippen LogP) is -0.0694. The van der Waals surface area contributed by atoms with Crippen LogP contribution < -0.4 is 10.1 Å². The van der Waals surface area contributed by atoms with Gasteiger partial charge in [-0.25, -0.2) is 4.39 Å². The molecule has 2 rings (SSSR count). The van der Waals surface area contributed by atoms with Gasteiger partial charge in [0.25, 0.3) is 0 Å². The van der Waals surface area contributed by atoms with Gasteiger partial charge >= 0.3 is 0 Å². The van der Waals surface area contributed by atoms with E-state index in [1.54, 1.807) is 12.1 Å². The summed E-state index contributed by atoms with van der Waals surface area (Å²) in [6, 6.07) is 5.79. The molecule has 0 aliphatic carbocycles. The average molecular weight is 325 g/mol. The monoisotopic (exact) mass is 325 g/mol. The molecule has 6 nitrogen and oxygen atoms in total. The number of nitrogens with one attached hydrogen (secondary N) is 1. The fourth-order valence-electron chi connectivity index (χ4n) is 2.46. The van der Waals surface area contributed by atoms with E-state index in [1.165, 1.54) is 12.1 Å². The van der Waals surface area contributed by atoms with Crippen LogP contribution in [0.15, 0.2) is 24.3 Å². The second kappa shape index (κ2) is 9.44. The summed E-state index contributed by atoms with van der Waals surface area (Å²) >= 11 is 0. The Kier molecular flexibility index (Phi) is 7.25. The zero-order valence-corrected chi connectivity index (χ0v) is 13.2. The topological polar surface area (TPSA) is 65.0 Å². The number of β-amino-alcohol motifs (C(OH)–C–C–N with tert-alkyl or cyclic N) is 1. The molecule has 7 heteroatoms. The fourth-order valence-corrected chi connectivity index (χ4v) is 2.46. The van der Waals surface area contributed by atoms with Crippen molar-refractivity contribution in [2.24, 2.45) is 0 Å². The van der Waals surface area contributed by atoms with Gasteiger partial charge < -0.3 is 15.2 Å². The van der Waals surface area contributed by atoms with Crippen LogP contribution in [0.25, 0.3) is 0 Å². The van der Waals surface area contributed by atoms with Crippen molar-refractivity contribution in [2.45, 2.75) is 0 Å². The molecule has 0 saturated carbocycles. The Balaban J connectivity index is 1.56. The van der Waals surface area contributed by atoms with Gasteiger partial charge in [-0.1, -0.05) is 0 Å². The van der Waals surface area contributed by atoms with Crippen molar-refractivity contribution in [3.05, 3.63) is 30.1 Å². The third-order valence-corrected chi connectivity index (χ3v) is 3.75. The predicted molar refractivity (Wildman–Crippen MR) is 84.9 cm³/mol. The number of ether oxygens (including phenoxy) is 1. The highest BCUT2D eigenvalue weighted by atomic mass is 19.1. The highest BCUT2D eigenvalue weighted by Crippen LogP contribution is 2.10. The van der Waals surface area contributed by atoms with E-state index >= 15 is 0 Å². The van der Waals surface area contributed by atoms with E-state index in [2.05, 4.69) is 15.1 Å². The second-order valence-corrected chi connectivity index (χ2v) is 5.49. The Morgan fingerprint density at radius 3 is 2.48 bits per heavy atom. The quantitative estimate of drug-likeness (QED) is 0.655. The number of piperazine rings is 1. The number of rotatable bonds is 8. The zero-order valence-electron chi connectivity index (χ0n) is 13.2. The summed E-state index contributed by atoms with van der Waals surface area (Å²) in [5.41, 5.74) is 0. The third kappa shape index (κ3) is 6.52. The van der Waals surface area contributed by atoms with Gasteiger partial charge in [0.15, 0.2) is 0 Å². The van der Waals surface area contributed by atoms with Crippen LogP contribution in [0.3, 0.4) is 0 Å². The molecular formula is C16H24FN3O3. The molecule has 1 amide bonds. The Hall–Kier alpha value is -1.70. The molecule has 0 spiro atoms. The lowest BCUT2D eigenvalue weighted by atomic mass is 10.3. The first-order valence-corrected chi connectivity index (χ1v) is 7.88. The molecule has 0 unspecified atom stereocenters. The molecule has 0 aromatic heterocycles. The van der Waals surface area contributed by atoms with Gasteiger partial charge in [-0.05, 0) is 24.3 Å². The molecule has 0 bridgehead atoms. The van der Waals surface area contributed by atoms with Gasteiger partial charge in [0.1, 0.15) is 18.2 Å². The minimum Gasteiger partial charge on any atom is -0.492 e. The first kappa shape index (κ1) is 17.7. The molecule has 2 N–H and O–H groups in total. The number of hydrogen-bond acceptors (Lipinski definition) is 5. The van der Waals surface area contributed by atoms with Crippen LogP contribution in [-0.2, 0) is 4.79 Å². The van der Waals surface area contributed by atoms with Gasteiger partial charge in [-0.2, -0.15) is 0 Å². The minimum atomic E-state index is -0.301. The molecule has 1 saturated heterocycles. The maximum Gasteiger partial charge on any atom is 0.234 e. The molecule has 1 fully saturated rings. The van der Waals surface area contributed by atoms with Crippen molar-refractivity contribution in [2.75, 3.05) is 59.0 Å². The van der Waals surface area contributed by atoms with Crippen LogP contribution in [0.1, 0.15) is 0 Å². The zero-order chi connectivity index (χ0) is 16.5. The maximum absolute atomic E-state index is 12.7. The molecule has 0 radical (unpaired) electrons. The SMILES string of the molecule is O=C(CN1CCN(CCO)CC1)NCCOc1ccc(F)cc1. The Morgan fingerprint density at radius 2 is 1.83 bits per heavy atom. The number of carbonyl (C=O) groups excluding carboxylic acids is 1. The van der Waals surface area contributed by atoms with Gasteiger partial charge in [-0.15, -0.1) is 0 Å². The van der Waals surface area contributed by atoms with Crippen LogP contribution in [-0.4, -0.2) is 79.8 Å². The van der Waals surface area contributed by atoms with Crippen LogP contribution >= 0.6 is 0 Å². The van der Waals surface area contributed by atoms with Gasteiger partial charge in [-0.3, -0.25) is 14.6 Å². The van der Waals surface area contributed by atoms with Crippen molar-refractivity contribution in [3.63, 3.8) is 0 Å². The van der Waals surface area contributed by atoms with Crippen LogP contribution in [0, 0.1) is 5.82 Å². The van der Waals surface area contributed by atoms with Crippen molar-refractivity contribution in [1.29, 1.82) is 0 Å². The molecule has 1 aromatic carbocycles. The van der Waals surface area contributed by atoms with E-state index in [0.29, 0.717) is 32.0 Å². The second-order valence-electron chi connectivity index (χ2n) is 5.49. The molecule has 1 aliphatic heterocycles. The van der Waals surface area contributed by atoms with Crippen LogP contribution in [0.5, 0.6) is 5.75 Å². The molecule has 1 aromatic rings. The lowest BCUT2D eigenvalue weighted by Crippen LogP contribution is -2.50. The Bertz CT molecular complexity index is 476. The number of nitrogens with zero attached hydrogens (tertiary/aromatic N) is 2. The summed E-state index contributed by atoms with van der Waals surface area (Å²) in [5, 5.41) is 11.7. The standard InChI is InChI=1S/C16H24FN3O3/c17-14-1-3-15(4-2-14)23-12-5-18-16(22)13-20-8-6-19(7-9-20)10-11-21/h1-4,21H,5-13H2,(H,18,22). The maximum atomic E-state index is 12.7. The largest absolute Gasteiger partial charge is 0.492 e. The Labute approximate surface area is 135 Å². The summed E-state index contributed by atoms with van der Waals surface area (Å²) < 4.78 is 18.2. The molecular weight excluding hydrogens is 301 g/mol. The number of aliphatic hydroxyl groups is 1. The number of aliphatic hydroxyl groups excluding tert-OH is 1. The van der Waals surface area contributed by atoms with Gasteiger partial charge in [0.05, 0.1) is 19.7 Å². The highest BCUT2D eigenvalue weighted by molar-refractivity contribution is 5.78. The smallest absolute Gasteiger partial charge is 0.234 e. The fraction of sp³-hybridized carbons (Fsp3) is 0.562. The summed E-state index contributed by atoms with van der Waals surface area (Å²) in [5.74, 6) is 0.258. The van der Waals surface area contributed by atoms with Crippen molar-refractivity contribution >= 4 is 5.91 Å². The normalized spacial score (nSPS) is 16.3. The number of carbonyl (C=O) groups is 1. The summed E-state index contributed by atoms with van der Waals surface area (Å²) in [6.07, 6.45) is 0. The number of amides is 1. The first-order valence-electron chi connectivity index (χ1n) is 7.88. The summed E-state index contributed by atoms with van der Waals surface area (Å²) in [6.45, 7) is 5.43. The lowest BCUT2D eigenvalue weighted by molar-refractivity contribution is -0.122. The van der Waals surface area contributed by atoms with Gasteiger partial charge in [0, 0.05) is 32.7 Å². The van der Waals surface area contributed by atoms with E-state index in [1.807, 2.05) is 0 Å². The molecule has 0 atom stereocenters. The van der Waals surface area contributed by atoms with E-state index < -0.39 is 0 Å². The first-order chi connectivity index (χ1) is 11.2. The van der Waals surface area contributed by atoms with Crippen LogP contribution in [0.4, 0.5) is 4.39 Å². The number of benzene rings is 1. The summed E-state index contributed by atoms with van der Waals surface area (Å²) in [4.78, 5) is 16.1. The van der Waals surface area contributed by atoms with Crippen molar-refractivity contribution < 1.29 is 19.0 Å². The Morgan fingerprint density at radius 1 is 1.17 bits per heavy atom. The van der Waals surface area contributed by atoms with Crippen LogP contribution in [0.2, 0.25) is 0 Å². The van der Waals surface area contributed by atoms with E-state index in [-0.39, 0.29) is 18.3 Å². The third-order valence-electron chi connectivity index (χ3n) is 3.75. The highest BCUT2D eigenvalue weighted by Gasteiger charge is 2.18. The molecule has 1 heterocycles. The average Bonchev–Trinajstić information content (AvgIpc) is 2.55. The lowest BCUT2D eigenvalue weighted by Gasteiger charge is -2.33. The van der Waals surface area contributed by atoms with E-state index in [0.717, 1.165) is 26.2 Å². The van der Waals surface area contributed by atoms with Crippen molar-refractivity contribution in [3.8, 4) is 5.75 Å². The molecule has 128 valence electrons. The molecule has 23 heavy (non-hydrogen) atoms. The summed E-state index contributed by atoms with van der Waals surface area (Å²) in [7, 11) is 0. The molecule has 1 aliphatic rings. The number of hydrogen-bond donors (Lipinski definition) is 2. The van der Waals surface area contributed by atoms with E-state index in [4.69, 9.17) is 9.84 Å². The van der Waals surface area contributed by atoms with Gasteiger partial charge in [0.2, 0.25) is 5.91 Å². The van der Waals surface area contributed by atoms with Crippen molar-refractivity contribution in [1.82, 2.24) is 15.1 Å².